The number of methoxy groups -OCH3 is 1. The Morgan fingerprint density at radius 2 is 2.27 bits per heavy atom. The molecule has 0 radical (unpaired) electrons. The van der Waals surface area contributed by atoms with Crippen LogP contribution in [0.15, 0.2) is 18.2 Å². The maximum Gasteiger partial charge on any atom is 0.179 e. The number of nitrogens with one attached hydrogen (secondary N) is 1. The summed E-state index contributed by atoms with van der Waals surface area (Å²) < 4.78 is 5.29. The summed E-state index contributed by atoms with van der Waals surface area (Å²) in [5.41, 5.74) is 2.75. The van der Waals surface area contributed by atoms with E-state index in [4.69, 9.17) is 4.74 Å². The largest absolute Gasteiger partial charge is 0.497 e. The number of nitrogens with zero attached hydrogens (tertiary/aromatic N) is 1. The first-order valence-electron chi connectivity index (χ1n) is 8.00. The van der Waals surface area contributed by atoms with Crippen molar-refractivity contribution in [1.29, 1.82) is 0 Å². The molecule has 1 aliphatic rings. The number of hydrogen-bond donors (Lipinski definition) is 1. The molecule has 1 aromatic heterocycles. The van der Waals surface area contributed by atoms with E-state index in [-0.39, 0.29) is 5.78 Å². The number of ether oxygens (including phenoxy) is 1. The number of piperidine rings is 1. The molecule has 1 atom stereocenters. The molecule has 1 saturated heterocycles. The highest BCUT2D eigenvalue weighted by Crippen LogP contribution is 2.27. The normalized spacial score (nSPS) is 19.5. The number of hydrogen-bond acceptors (Lipinski definition) is 3. The fourth-order valence-corrected chi connectivity index (χ4v) is 3.50. The third-order valence-corrected chi connectivity index (χ3v) is 4.58. The quantitative estimate of drug-likeness (QED) is 0.880. The fourth-order valence-electron chi connectivity index (χ4n) is 3.50. The monoisotopic (exact) mass is 300 g/mol. The molecule has 0 spiro atoms. The number of carbonyl (C=O) groups excluding carboxylic acids is 1. The molecule has 22 heavy (non-hydrogen) atoms. The molecule has 1 aromatic carbocycles. The number of H-pyrrole nitrogens is 1. The number of carbonyl (C=O) groups is 1. The highest BCUT2D eigenvalue weighted by molar-refractivity contribution is 6.10. The van der Waals surface area contributed by atoms with E-state index >= 15 is 0 Å². The van der Waals surface area contributed by atoms with Crippen LogP contribution < -0.4 is 4.74 Å². The van der Waals surface area contributed by atoms with Crippen molar-refractivity contribution in [3.63, 3.8) is 0 Å². The van der Waals surface area contributed by atoms with Crippen molar-refractivity contribution in [2.75, 3.05) is 26.7 Å². The summed E-state index contributed by atoms with van der Waals surface area (Å²) in [6.45, 7) is 6.80. The SMILES string of the molecule is COc1ccc2[nH]c(C)c(C(=O)CN3CCC[C@H](C)C3)c2c1. The van der Waals surface area contributed by atoms with Gasteiger partial charge in [0.05, 0.1) is 13.7 Å². The number of aromatic amines is 1. The number of rotatable bonds is 4. The zero-order valence-corrected chi connectivity index (χ0v) is 13.6. The maximum absolute atomic E-state index is 12.8. The Kier molecular flexibility index (Phi) is 4.21. The van der Waals surface area contributed by atoms with Crippen LogP contribution in [0.2, 0.25) is 0 Å². The number of aromatic nitrogens is 1. The van der Waals surface area contributed by atoms with E-state index in [1.54, 1.807) is 7.11 Å². The third-order valence-electron chi connectivity index (χ3n) is 4.58. The molecule has 4 heteroatoms. The summed E-state index contributed by atoms with van der Waals surface area (Å²) in [5.74, 6) is 1.67. The lowest BCUT2D eigenvalue weighted by Gasteiger charge is -2.30. The van der Waals surface area contributed by atoms with Gasteiger partial charge in [-0.25, -0.2) is 0 Å². The minimum Gasteiger partial charge on any atom is -0.497 e. The second-order valence-electron chi connectivity index (χ2n) is 6.44. The van der Waals surface area contributed by atoms with Gasteiger partial charge in [-0.15, -0.1) is 0 Å². The lowest BCUT2D eigenvalue weighted by Crippen LogP contribution is -2.38. The molecule has 0 unspecified atom stereocenters. The van der Waals surface area contributed by atoms with Gasteiger partial charge in [0, 0.05) is 28.7 Å². The van der Waals surface area contributed by atoms with E-state index in [1.807, 2.05) is 25.1 Å². The molecule has 0 saturated carbocycles. The van der Waals surface area contributed by atoms with Crippen molar-refractivity contribution >= 4 is 16.7 Å². The van der Waals surface area contributed by atoms with Gasteiger partial charge in [-0.2, -0.15) is 0 Å². The van der Waals surface area contributed by atoms with Gasteiger partial charge in [0.25, 0.3) is 0 Å². The first-order valence-corrected chi connectivity index (χ1v) is 8.00. The molecule has 1 aliphatic heterocycles. The summed E-state index contributed by atoms with van der Waals surface area (Å²) in [5, 5.41) is 0.965. The number of aryl methyl sites for hydroxylation is 1. The van der Waals surface area contributed by atoms with Gasteiger partial charge in [0.15, 0.2) is 5.78 Å². The van der Waals surface area contributed by atoms with Crippen LogP contribution in [0.5, 0.6) is 5.75 Å². The molecular weight excluding hydrogens is 276 g/mol. The molecule has 4 nitrogen and oxygen atoms in total. The van der Waals surface area contributed by atoms with Gasteiger partial charge < -0.3 is 9.72 Å². The Morgan fingerprint density at radius 1 is 1.45 bits per heavy atom. The molecule has 2 heterocycles. The van der Waals surface area contributed by atoms with E-state index < -0.39 is 0 Å². The molecule has 0 aliphatic carbocycles. The summed E-state index contributed by atoms with van der Waals surface area (Å²) in [7, 11) is 1.65. The third kappa shape index (κ3) is 2.88. The lowest BCUT2D eigenvalue weighted by molar-refractivity contribution is 0.0894. The second kappa shape index (κ2) is 6.13. The standard InChI is InChI=1S/C18H24N2O2/c1-12-5-4-8-20(10-12)11-17(21)18-13(2)19-16-7-6-14(22-3)9-15(16)18/h6-7,9,12,19H,4-5,8,10-11H2,1-3H3/t12-/m0/s1. The number of benzene rings is 1. The van der Waals surface area contributed by atoms with Gasteiger partial charge in [-0.1, -0.05) is 6.92 Å². The Balaban J connectivity index is 1.88. The molecule has 0 amide bonds. The zero-order valence-electron chi connectivity index (χ0n) is 13.6. The number of Topliss-reactive ketones (excluding diaryl/α,β-unsaturated/α-hetero) is 1. The van der Waals surface area contributed by atoms with Crippen molar-refractivity contribution in [3.8, 4) is 5.75 Å². The average Bonchev–Trinajstić information content (AvgIpc) is 2.82. The predicted molar refractivity (Wildman–Crippen MR) is 88.8 cm³/mol. The Bertz CT molecular complexity index is 690. The molecule has 118 valence electrons. The molecule has 2 aromatic rings. The van der Waals surface area contributed by atoms with Crippen LogP contribution in [0.3, 0.4) is 0 Å². The van der Waals surface area contributed by atoms with Gasteiger partial charge in [-0.3, -0.25) is 9.69 Å². The Hall–Kier alpha value is -1.81. The fraction of sp³-hybridized carbons (Fsp3) is 0.500. The minimum absolute atomic E-state index is 0.200. The van der Waals surface area contributed by atoms with E-state index in [0.717, 1.165) is 41.0 Å². The Morgan fingerprint density at radius 3 is 3.00 bits per heavy atom. The number of likely N-dealkylation sites (tertiary alicyclic amines) is 1. The van der Waals surface area contributed by atoms with Gasteiger partial charge in [-0.05, 0) is 50.4 Å². The van der Waals surface area contributed by atoms with Crippen LogP contribution in [0.4, 0.5) is 0 Å². The van der Waals surface area contributed by atoms with Crippen LogP contribution in [-0.4, -0.2) is 42.4 Å². The molecule has 1 N–H and O–H groups in total. The van der Waals surface area contributed by atoms with Gasteiger partial charge >= 0.3 is 0 Å². The zero-order chi connectivity index (χ0) is 15.7. The van der Waals surface area contributed by atoms with Crippen molar-refractivity contribution in [3.05, 3.63) is 29.5 Å². The predicted octanol–water partition coefficient (Wildman–Crippen LogP) is 3.40. The highest BCUT2D eigenvalue weighted by atomic mass is 16.5. The van der Waals surface area contributed by atoms with Crippen molar-refractivity contribution < 1.29 is 9.53 Å². The smallest absolute Gasteiger partial charge is 0.179 e. The maximum atomic E-state index is 12.8. The Labute approximate surface area is 131 Å². The van der Waals surface area contributed by atoms with Crippen LogP contribution in [0.1, 0.15) is 35.8 Å². The first kappa shape index (κ1) is 15.1. The van der Waals surface area contributed by atoms with Crippen LogP contribution >= 0.6 is 0 Å². The first-order chi connectivity index (χ1) is 10.6. The van der Waals surface area contributed by atoms with E-state index in [1.165, 1.54) is 12.8 Å². The van der Waals surface area contributed by atoms with Crippen molar-refractivity contribution in [2.45, 2.75) is 26.7 Å². The van der Waals surface area contributed by atoms with Crippen LogP contribution in [0.25, 0.3) is 10.9 Å². The van der Waals surface area contributed by atoms with Crippen molar-refractivity contribution in [2.24, 2.45) is 5.92 Å². The number of ketones is 1. The molecule has 0 bridgehead atoms. The van der Waals surface area contributed by atoms with Crippen molar-refractivity contribution in [1.82, 2.24) is 9.88 Å². The van der Waals surface area contributed by atoms with Gasteiger partial charge in [0.2, 0.25) is 0 Å². The average molecular weight is 300 g/mol. The summed E-state index contributed by atoms with van der Waals surface area (Å²) in [6, 6.07) is 5.84. The molecular formula is C18H24N2O2. The van der Waals surface area contributed by atoms with Crippen LogP contribution in [-0.2, 0) is 0 Å². The summed E-state index contributed by atoms with van der Waals surface area (Å²) in [4.78, 5) is 18.4. The molecule has 1 fully saturated rings. The lowest BCUT2D eigenvalue weighted by atomic mass is 9.99. The van der Waals surface area contributed by atoms with E-state index in [0.29, 0.717) is 12.5 Å². The minimum atomic E-state index is 0.200. The summed E-state index contributed by atoms with van der Waals surface area (Å²) >= 11 is 0. The summed E-state index contributed by atoms with van der Waals surface area (Å²) in [6.07, 6.45) is 2.46. The molecule has 3 rings (SSSR count). The second-order valence-corrected chi connectivity index (χ2v) is 6.44. The van der Waals surface area contributed by atoms with Crippen LogP contribution in [0, 0.1) is 12.8 Å². The topological polar surface area (TPSA) is 45.3 Å². The van der Waals surface area contributed by atoms with E-state index in [2.05, 4.69) is 16.8 Å². The highest BCUT2D eigenvalue weighted by Gasteiger charge is 2.22. The number of fused-ring (bicyclic) bond motifs is 1. The van der Waals surface area contributed by atoms with E-state index in [9.17, 15) is 4.79 Å². The van der Waals surface area contributed by atoms with Gasteiger partial charge in [0.1, 0.15) is 5.75 Å².